The smallest absolute Gasteiger partial charge is 0.410 e. The summed E-state index contributed by atoms with van der Waals surface area (Å²) in [6.45, 7) is 6.59. The van der Waals surface area contributed by atoms with Gasteiger partial charge in [0.05, 0.1) is 29.0 Å². The van der Waals surface area contributed by atoms with E-state index in [1.807, 2.05) is 57.3 Å². The van der Waals surface area contributed by atoms with Crippen LogP contribution in [0.15, 0.2) is 47.5 Å². The third kappa shape index (κ3) is 3.77. The molecule has 9 nitrogen and oxygen atoms in total. The average Bonchev–Trinajstić information content (AvgIpc) is 3.32. The van der Waals surface area contributed by atoms with Crippen molar-refractivity contribution >= 4 is 22.8 Å². The maximum absolute atomic E-state index is 13.2. The number of ether oxygens (including phenoxy) is 1. The fraction of sp³-hybridized carbons (Fsp3) is 0.417. The summed E-state index contributed by atoms with van der Waals surface area (Å²) in [5.74, 6) is 0. The highest BCUT2D eigenvalue weighted by Gasteiger charge is 2.31. The fourth-order valence-electron chi connectivity index (χ4n) is 4.50. The van der Waals surface area contributed by atoms with E-state index < -0.39 is 5.60 Å². The highest BCUT2D eigenvalue weighted by atomic mass is 16.6. The highest BCUT2D eigenvalue weighted by Crippen LogP contribution is 2.28. The molecule has 1 atom stereocenters. The Kier molecular flexibility index (Phi) is 4.99. The van der Waals surface area contributed by atoms with Crippen molar-refractivity contribution in [3.05, 3.63) is 53.2 Å². The van der Waals surface area contributed by atoms with Crippen LogP contribution in [0.2, 0.25) is 0 Å². The van der Waals surface area contributed by atoms with Gasteiger partial charge in [0.15, 0.2) is 5.65 Å². The molecular formula is C24H28N6O3. The van der Waals surface area contributed by atoms with Crippen molar-refractivity contribution in [2.75, 3.05) is 13.1 Å². The SMILES string of the molecule is Cn1c(=O)n([C@H]2CCCN(C(=O)OC(C)(C)C)C2)c2nc(-c3cnn4ccccc34)ccc21. The number of pyridine rings is 2. The van der Waals surface area contributed by atoms with E-state index in [1.165, 1.54) is 0 Å². The summed E-state index contributed by atoms with van der Waals surface area (Å²) in [6, 6.07) is 9.56. The third-order valence-electron chi connectivity index (χ3n) is 6.05. The molecule has 1 aliphatic rings. The van der Waals surface area contributed by atoms with Gasteiger partial charge in [-0.3, -0.25) is 9.13 Å². The van der Waals surface area contributed by atoms with E-state index in [1.54, 1.807) is 31.8 Å². The Hall–Kier alpha value is -3.62. The lowest BCUT2D eigenvalue weighted by molar-refractivity contribution is 0.0172. The van der Waals surface area contributed by atoms with Gasteiger partial charge in [0, 0.05) is 31.9 Å². The molecule has 4 aromatic heterocycles. The van der Waals surface area contributed by atoms with Crippen molar-refractivity contribution in [2.45, 2.75) is 45.3 Å². The van der Waals surface area contributed by atoms with Gasteiger partial charge in [0.25, 0.3) is 0 Å². The number of fused-ring (bicyclic) bond motifs is 2. The number of imidazole rings is 1. The van der Waals surface area contributed by atoms with Crippen LogP contribution in [0.5, 0.6) is 0 Å². The number of nitrogens with zero attached hydrogens (tertiary/aromatic N) is 6. The average molecular weight is 449 g/mol. The lowest BCUT2D eigenvalue weighted by Gasteiger charge is -2.34. The van der Waals surface area contributed by atoms with Gasteiger partial charge < -0.3 is 9.64 Å². The van der Waals surface area contributed by atoms with E-state index in [0.29, 0.717) is 18.7 Å². The largest absolute Gasteiger partial charge is 0.444 e. The van der Waals surface area contributed by atoms with Crippen LogP contribution in [0.4, 0.5) is 4.79 Å². The molecule has 0 aliphatic carbocycles. The maximum Gasteiger partial charge on any atom is 0.410 e. The number of carbonyl (C=O) groups excluding carboxylic acids is 1. The second-order valence-electron chi connectivity index (χ2n) is 9.56. The topological polar surface area (TPSA) is 86.7 Å². The second-order valence-corrected chi connectivity index (χ2v) is 9.56. The Labute approximate surface area is 191 Å². The Balaban J connectivity index is 1.55. The van der Waals surface area contributed by atoms with Gasteiger partial charge >= 0.3 is 11.8 Å². The number of aromatic nitrogens is 5. The summed E-state index contributed by atoms with van der Waals surface area (Å²) in [7, 11) is 1.76. The van der Waals surface area contributed by atoms with Crippen molar-refractivity contribution in [2.24, 2.45) is 7.05 Å². The Morgan fingerprint density at radius 2 is 1.97 bits per heavy atom. The van der Waals surface area contributed by atoms with Crippen molar-refractivity contribution in [3.63, 3.8) is 0 Å². The molecule has 0 unspecified atom stereocenters. The Morgan fingerprint density at radius 3 is 2.76 bits per heavy atom. The standard InChI is InChI=1S/C24H28N6O3/c1-24(2,3)33-23(32)28-12-7-8-16(15-28)30-21-20(27(4)22(30)31)11-10-18(26-21)17-14-25-29-13-6-5-9-19(17)29/h5-6,9-11,13-14,16H,7-8,12,15H2,1-4H3/t16-/m0/s1. The molecule has 0 radical (unpaired) electrons. The van der Waals surface area contributed by atoms with Crippen LogP contribution in [0, 0.1) is 0 Å². The summed E-state index contributed by atoms with van der Waals surface area (Å²) in [5.41, 5.74) is 3.28. The van der Waals surface area contributed by atoms with E-state index in [-0.39, 0.29) is 17.8 Å². The van der Waals surface area contributed by atoms with Gasteiger partial charge in [0.2, 0.25) is 0 Å². The molecule has 5 heterocycles. The summed E-state index contributed by atoms with van der Waals surface area (Å²) >= 11 is 0. The Morgan fingerprint density at radius 1 is 1.15 bits per heavy atom. The lowest BCUT2D eigenvalue weighted by Crippen LogP contribution is -2.45. The Bertz CT molecular complexity index is 1410. The zero-order valence-electron chi connectivity index (χ0n) is 19.4. The molecule has 4 aromatic rings. The van der Waals surface area contributed by atoms with Crippen LogP contribution in [0.1, 0.15) is 39.7 Å². The van der Waals surface area contributed by atoms with Gasteiger partial charge in [-0.05, 0) is 57.9 Å². The van der Waals surface area contributed by atoms with Crippen LogP contribution >= 0.6 is 0 Å². The molecule has 33 heavy (non-hydrogen) atoms. The minimum absolute atomic E-state index is 0.134. The first-order valence-electron chi connectivity index (χ1n) is 11.2. The second kappa shape index (κ2) is 7.75. The molecule has 9 heteroatoms. The first-order valence-corrected chi connectivity index (χ1v) is 11.2. The molecule has 0 aromatic carbocycles. The number of piperidine rings is 1. The third-order valence-corrected chi connectivity index (χ3v) is 6.05. The maximum atomic E-state index is 13.2. The predicted octanol–water partition coefficient (Wildman–Crippen LogP) is 3.62. The van der Waals surface area contributed by atoms with E-state index in [2.05, 4.69) is 5.10 Å². The first kappa shape index (κ1) is 21.2. The number of amides is 1. The fourth-order valence-corrected chi connectivity index (χ4v) is 4.50. The number of hydrogen-bond acceptors (Lipinski definition) is 5. The molecule has 0 bridgehead atoms. The van der Waals surface area contributed by atoms with E-state index in [0.717, 1.165) is 35.1 Å². The molecule has 0 N–H and O–H groups in total. The molecule has 172 valence electrons. The normalized spacial score (nSPS) is 17.1. The van der Waals surface area contributed by atoms with Crippen LogP contribution in [0.25, 0.3) is 27.9 Å². The van der Waals surface area contributed by atoms with E-state index in [9.17, 15) is 9.59 Å². The summed E-state index contributed by atoms with van der Waals surface area (Å²) in [4.78, 5) is 32.5. The van der Waals surface area contributed by atoms with Crippen LogP contribution in [-0.4, -0.2) is 53.4 Å². The molecular weight excluding hydrogens is 420 g/mol. The minimum Gasteiger partial charge on any atom is -0.444 e. The summed E-state index contributed by atoms with van der Waals surface area (Å²) in [5, 5.41) is 4.41. The molecule has 1 fully saturated rings. The number of carbonyl (C=O) groups is 1. The number of rotatable bonds is 2. The first-order chi connectivity index (χ1) is 15.7. The van der Waals surface area contributed by atoms with Gasteiger partial charge in [0.1, 0.15) is 5.60 Å². The summed E-state index contributed by atoms with van der Waals surface area (Å²) < 4.78 is 10.7. The molecule has 0 saturated carbocycles. The van der Waals surface area contributed by atoms with Crippen molar-refractivity contribution in [3.8, 4) is 11.3 Å². The van der Waals surface area contributed by atoms with Crippen molar-refractivity contribution in [1.82, 2.24) is 28.6 Å². The number of aryl methyl sites for hydroxylation is 1. The zero-order chi connectivity index (χ0) is 23.3. The number of hydrogen-bond donors (Lipinski definition) is 0. The molecule has 5 rings (SSSR count). The van der Waals surface area contributed by atoms with Gasteiger partial charge in [-0.1, -0.05) is 6.07 Å². The predicted molar refractivity (Wildman–Crippen MR) is 125 cm³/mol. The quantitative estimate of drug-likeness (QED) is 0.467. The zero-order valence-corrected chi connectivity index (χ0v) is 19.4. The molecule has 1 amide bonds. The minimum atomic E-state index is -0.564. The van der Waals surface area contributed by atoms with E-state index >= 15 is 0 Å². The van der Waals surface area contributed by atoms with Gasteiger partial charge in [-0.15, -0.1) is 0 Å². The van der Waals surface area contributed by atoms with Crippen molar-refractivity contribution < 1.29 is 9.53 Å². The number of likely N-dealkylation sites (tertiary alicyclic amines) is 1. The molecule has 0 spiro atoms. The van der Waals surface area contributed by atoms with Gasteiger partial charge in [-0.2, -0.15) is 5.10 Å². The van der Waals surface area contributed by atoms with E-state index in [4.69, 9.17) is 9.72 Å². The monoisotopic (exact) mass is 448 g/mol. The lowest BCUT2D eigenvalue weighted by atomic mass is 10.1. The molecule has 1 aliphatic heterocycles. The van der Waals surface area contributed by atoms with Gasteiger partial charge in [-0.25, -0.2) is 19.1 Å². The summed E-state index contributed by atoms with van der Waals surface area (Å²) in [6.07, 6.45) is 4.92. The van der Waals surface area contributed by atoms with Crippen LogP contribution in [0.3, 0.4) is 0 Å². The highest BCUT2D eigenvalue weighted by molar-refractivity contribution is 5.82. The molecule has 1 saturated heterocycles. The van der Waals surface area contributed by atoms with Crippen LogP contribution in [-0.2, 0) is 11.8 Å². The van der Waals surface area contributed by atoms with Crippen LogP contribution < -0.4 is 5.69 Å². The van der Waals surface area contributed by atoms with Crippen molar-refractivity contribution in [1.29, 1.82) is 0 Å².